The van der Waals surface area contributed by atoms with Gasteiger partial charge in [-0.2, -0.15) is 0 Å². The lowest BCUT2D eigenvalue weighted by Gasteiger charge is -2.32. The number of Topliss-reactive ketones (excluding diaryl/α,β-unsaturated/α-hetero) is 1. The van der Waals surface area contributed by atoms with Crippen LogP contribution in [0.15, 0.2) is 47.1 Å². The summed E-state index contributed by atoms with van der Waals surface area (Å²) >= 11 is 0. The maximum Gasteiger partial charge on any atom is 0.298 e. The van der Waals surface area contributed by atoms with Gasteiger partial charge in [-0.25, -0.2) is 0 Å². The molecule has 1 fully saturated rings. The van der Waals surface area contributed by atoms with Gasteiger partial charge in [0.25, 0.3) is 11.7 Å². The number of ketones is 1. The van der Waals surface area contributed by atoms with Gasteiger partial charge in [-0.05, 0) is 29.8 Å². The van der Waals surface area contributed by atoms with Gasteiger partial charge in [-0.3, -0.25) is 9.59 Å². The first-order valence-electron chi connectivity index (χ1n) is 7.79. The van der Waals surface area contributed by atoms with E-state index in [-0.39, 0.29) is 11.9 Å². The largest absolute Gasteiger partial charge is 0.497 e. The van der Waals surface area contributed by atoms with Gasteiger partial charge >= 0.3 is 0 Å². The molecule has 1 aromatic heterocycles. The number of furan rings is 1. The van der Waals surface area contributed by atoms with Crippen LogP contribution in [0.2, 0.25) is 0 Å². The van der Waals surface area contributed by atoms with E-state index in [0.29, 0.717) is 26.1 Å². The lowest BCUT2D eigenvalue weighted by atomic mass is 10.1. The molecule has 24 heavy (non-hydrogen) atoms. The van der Waals surface area contributed by atoms with E-state index in [1.54, 1.807) is 13.2 Å². The molecular formula is C18H19NO5. The third-order valence-electron chi connectivity index (χ3n) is 3.96. The Morgan fingerprint density at radius 3 is 2.92 bits per heavy atom. The van der Waals surface area contributed by atoms with Gasteiger partial charge in [0.05, 0.1) is 26.1 Å². The number of hydrogen-bond donors (Lipinski definition) is 0. The summed E-state index contributed by atoms with van der Waals surface area (Å²) in [4.78, 5) is 26.0. The van der Waals surface area contributed by atoms with E-state index in [9.17, 15) is 9.59 Å². The Morgan fingerprint density at radius 2 is 2.17 bits per heavy atom. The smallest absolute Gasteiger partial charge is 0.298 e. The third kappa shape index (κ3) is 3.65. The second-order valence-corrected chi connectivity index (χ2v) is 5.61. The van der Waals surface area contributed by atoms with Crippen molar-refractivity contribution in [2.75, 3.05) is 26.8 Å². The first-order chi connectivity index (χ1) is 11.7. The first kappa shape index (κ1) is 16.3. The SMILES string of the molecule is COc1cccc(C[C@@H]2CN(C(=O)C(=O)c3ccco3)CCO2)c1. The fourth-order valence-corrected chi connectivity index (χ4v) is 2.75. The van der Waals surface area contributed by atoms with E-state index in [2.05, 4.69) is 0 Å². The van der Waals surface area contributed by atoms with Crippen LogP contribution in [0.1, 0.15) is 16.1 Å². The molecule has 0 unspecified atom stereocenters. The van der Waals surface area contributed by atoms with E-state index in [1.165, 1.54) is 17.2 Å². The zero-order chi connectivity index (χ0) is 16.9. The Labute approximate surface area is 140 Å². The van der Waals surface area contributed by atoms with Gasteiger partial charge in [-0.1, -0.05) is 12.1 Å². The number of carbonyl (C=O) groups is 2. The molecule has 6 heteroatoms. The Kier molecular flexibility index (Phi) is 4.96. The lowest BCUT2D eigenvalue weighted by molar-refractivity contribution is -0.133. The van der Waals surface area contributed by atoms with E-state index in [4.69, 9.17) is 13.9 Å². The van der Waals surface area contributed by atoms with E-state index < -0.39 is 11.7 Å². The monoisotopic (exact) mass is 329 g/mol. The van der Waals surface area contributed by atoms with Crippen molar-refractivity contribution in [2.45, 2.75) is 12.5 Å². The van der Waals surface area contributed by atoms with Gasteiger partial charge in [0, 0.05) is 19.5 Å². The van der Waals surface area contributed by atoms with Crippen LogP contribution in [0.4, 0.5) is 0 Å². The number of morpholine rings is 1. The van der Waals surface area contributed by atoms with Crippen LogP contribution in [-0.2, 0) is 16.0 Å². The molecule has 0 spiro atoms. The number of hydrogen-bond acceptors (Lipinski definition) is 5. The second-order valence-electron chi connectivity index (χ2n) is 5.61. The molecule has 0 aliphatic carbocycles. The Balaban J connectivity index is 1.63. The molecule has 1 saturated heterocycles. The summed E-state index contributed by atoms with van der Waals surface area (Å²) < 4.78 is 16.0. The van der Waals surface area contributed by atoms with Crippen LogP contribution in [0.3, 0.4) is 0 Å². The predicted octanol–water partition coefficient (Wildman–Crippen LogP) is 1.94. The maximum absolute atomic E-state index is 12.3. The van der Waals surface area contributed by atoms with Crippen LogP contribution in [0.25, 0.3) is 0 Å². The van der Waals surface area contributed by atoms with Crippen molar-refractivity contribution in [3.05, 3.63) is 54.0 Å². The molecule has 0 N–H and O–H groups in total. The summed E-state index contributed by atoms with van der Waals surface area (Å²) in [6.45, 7) is 1.19. The predicted molar refractivity (Wildman–Crippen MR) is 86.1 cm³/mol. The van der Waals surface area contributed by atoms with Gasteiger partial charge in [0.1, 0.15) is 5.75 Å². The Morgan fingerprint density at radius 1 is 1.29 bits per heavy atom. The molecule has 1 aromatic carbocycles. The average molecular weight is 329 g/mol. The van der Waals surface area contributed by atoms with Crippen molar-refractivity contribution in [3.63, 3.8) is 0 Å². The van der Waals surface area contributed by atoms with Crippen LogP contribution >= 0.6 is 0 Å². The van der Waals surface area contributed by atoms with Crippen molar-refractivity contribution in [1.29, 1.82) is 0 Å². The maximum atomic E-state index is 12.3. The highest BCUT2D eigenvalue weighted by Gasteiger charge is 2.30. The summed E-state index contributed by atoms with van der Waals surface area (Å²) in [5.74, 6) is -0.328. The lowest BCUT2D eigenvalue weighted by Crippen LogP contribution is -2.48. The number of methoxy groups -OCH3 is 1. The zero-order valence-electron chi connectivity index (χ0n) is 13.4. The third-order valence-corrected chi connectivity index (χ3v) is 3.96. The van der Waals surface area contributed by atoms with E-state index in [1.807, 2.05) is 24.3 Å². The van der Waals surface area contributed by atoms with Crippen LogP contribution in [-0.4, -0.2) is 49.5 Å². The van der Waals surface area contributed by atoms with Crippen LogP contribution in [0, 0.1) is 0 Å². The standard InChI is InChI=1S/C18H19NO5/c1-22-14-5-2-4-13(10-14)11-15-12-19(7-9-23-15)18(21)17(20)16-6-3-8-24-16/h2-6,8,10,15H,7,9,11-12H2,1H3/t15-/m1/s1. The molecule has 1 aliphatic heterocycles. The van der Waals surface area contributed by atoms with Crippen molar-refractivity contribution in [2.24, 2.45) is 0 Å². The van der Waals surface area contributed by atoms with Crippen LogP contribution < -0.4 is 4.74 Å². The molecule has 2 aromatic rings. The topological polar surface area (TPSA) is 69.0 Å². The molecule has 1 amide bonds. The number of benzene rings is 1. The van der Waals surface area contributed by atoms with Crippen LogP contribution in [0.5, 0.6) is 5.75 Å². The minimum Gasteiger partial charge on any atom is -0.497 e. The molecule has 0 saturated carbocycles. The second kappa shape index (κ2) is 7.31. The fourth-order valence-electron chi connectivity index (χ4n) is 2.75. The number of amides is 1. The van der Waals surface area contributed by atoms with Gasteiger partial charge in [0.2, 0.25) is 0 Å². The van der Waals surface area contributed by atoms with Gasteiger partial charge in [-0.15, -0.1) is 0 Å². The highest BCUT2D eigenvalue weighted by molar-refractivity contribution is 6.41. The molecule has 6 nitrogen and oxygen atoms in total. The van der Waals surface area contributed by atoms with Crippen molar-refractivity contribution in [1.82, 2.24) is 4.90 Å². The number of nitrogens with zero attached hydrogens (tertiary/aromatic N) is 1. The molecular weight excluding hydrogens is 310 g/mol. The molecule has 1 atom stereocenters. The van der Waals surface area contributed by atoms with E-state index >= 15 is 0 Å². The molecule has 126 valence electrons. The van der Waals surface area contributed by atoms with Crippen molar-refractivity contribution in [3.8, 4) is 5.75 Å². The summed E-state index contributed by atoms with van der Waals surface area (Å²) in [6.07, 6.45) is 1.88. The normalized spacial score (nSPS) is 17.5. The van der Waals surface area contributed by atoms with Crippen molar-refractivity contribution < 1.29 is 23.5 Å². The number of ether oxygens (including phenoxy) is 2. The quantitative estimate of drug-likeness (QED) is 0.619. The number of rotatable bonds is 5. The van der Waals surface area contributed by atoms with E-state index in [0.717, 1.165) is 11.3 Å². The van der Waals surface area contributed by atoms with Gasteiger partial charge < -0.3 is 18.8 Å². The zero-order valence-corrected chi connectivity index (χ0v) is 13.4. The summed E-state index contributed by atoms with van der Waals surface area (Å²) in [5, 5.41) is 0. The van der Waals surface area contributed by atoms with Gasteiger partial charge in [0.15, 0.2) is 5.76 Å². The number of carbonyl (C=O) groups excluding carboxylic acids is 2. The minimum atomic E-state index is -0.623. The summed E-state index contributed by atoms with van der Waals surface area (Å²) in [5.41, 5.74) is 1.06. The minimum absolute atomic E-state index is 0.0656. The molecule has 0 bridgehead atoms. The Hall–Kier alpha value is -2.60. The highest BCUT2D eigenvalue weighted by atomic mass is 16.5. The molecule has 2 heterocycles. The first-order valence-corrected chi connectivity index (χ1v) is 7.79. The highest BCUT2D eigenvalue weighted by Crippen LogP contribution is 2.17. The average Bonchev–Trinajstić information content (AvgIpc) is 3.15. The fraction of sp³-hybridized carbons (Fsp3) is 0.333. The summed E-state index contributed by atoms with van der Waals surface area (Å²) in [6, 6.07) is 10.8. The van der Waals surface area contributed by atoms with Crippen molar-refractivity contribution >= 4 is 11.7 Å². The molecule has 0 radical (unpaired) electrons. The Bertz CT molecular complexity index is 710. The summed E-state index contributed by atoms with van der Waals surface area (Å²) in [7, 11) is 1.62. The molecule has 1 aliphatic rings. The molecule has 3 rings (SSSR count).